The molecular formula is C19H21N3O2. The SMILES string of the molecule is CN1CCC(N(Cc2ccco2)C(=O)c2ccc(C#N)cc2)CC1. The highest BCUT2D eigenvalue weighted by Gasteiger charge is 2.28. The molecule has 1 aromatic carbocycles. The average molecular weight is 323 g/mol. The van der Waals surface area contributed by atoms with E-state index in [4.69, 9.17) is 9.68 Å². The Morgan fingerprint density at radius 3 is 2.58 bits per heavy atom. The van der Waals surface area contributed by atoms with Crippen molar-refractivity contribution in [2.45, 2.75) is 25.4 Å². The number of hydrogen-bond acceptors (Lipinski definition) is 4. The minimum Gasteiger partial charge on any atom is -0.467 e. The van der Waals surface area contributed by atoms with Crippen LogP contribution in [0.25, 0.3) is 0 Å². The maximum Gasteiger partial charge on any atom is 0.254 e. The second-order valence-corrected chi connectivity index (χ2v) is 6.24. The first kappa shape index (κ1) is 16.3. The van der Waals surface area contributed by atoms with Crippen LogP contribution in [0.4, 0.5) is 0 Å². The minimum atomic E-state index is -0.00885. The summed E-state index contributed by atoms with van der Waals surface area (Å²) in [4.78, 5) is 17.2. The van der Waals surface area contributed by atoms with Crippen molar-refractivity contribution in [1.29, 1.82) is 5.26 Å². The number of carbonyl (C=O) groups is 1. The van der Waals surface area contributed by atoms with E-state index >= 15 is 0 Å². The van der Waals surface area contributed by atoms with Crippen molar-refractivity contribution in [2.24, 2.45) is 0 Å². The standard InChI is InChI=1S/C19H21N3O2/c1-21-10-8-17(9-11-21)22(14-18-3-2-12-24-18)19(23)16-6-4-15(13-20)5-7-16/h2-7,12,17H,8-11,14H2,1H3. The Bertz CT molecular complexity index is 708. The van der Waals surface area contributed by atoms with E-state index in [1.807, 2.05) is 17.0 Å². The lowest BCUT2D eigenvalue weighted by Crippen LogP contribution is -2.46. The number of piperidine rings is 1. The third kappa shape index (κ3) is 3.66. The van der Waals surface area contributed by atoms with Crippen molar-refractivity contribution in [1.82, 2.24) is 9.80 Å². The molecule has 2 heterocycles. The van der Waals surface area contributed by atoms with Gasteiger partial charge in [-0.1, -0.05) is 0 Å². The van der Waals surface area contributed by atoms with Crippen LogP contribution in [-0.2, 0) is 6.54 Å². The summed E-state index contributed by atoms with van der Waals surface area (Å²) in [7, 11) is 2.11. The summed E-state index contributed by atoms with van der Waals surface area (Å²) in [6.07, 6.45) is 3.55. The zero-order chi connectivity index (χ0) is 16.9. The molecule has 1 aliphatic heterocycles. The second kappa shape index (κ2) is 7.33. The maximum absolute atomic E-state index is 13.0. The number of hydrogen-bond donors (Lipinski definition) is 0. The molecule has 124 valence electrons. The summed E-state index contributed by atoms with van der Waals surface area (Å²) in [5.41, 5.74) is 1.17. The molecule has 0 spiro atoms. The number of furan rings is 1. The summed E-state index contributed by atoms with van der Waals surface area (Å²) in [6, 6.07) is 12.9. The summed E-state index contributed by atoms with van der Waals surface area (Å²) in [5.74, 6) is 0.779. The van der Waals surface area contributed by atoms with Crippen molar-refractivity contribution >= 4 is 5.91 Å². The molecule has 1 aromatic heterocycles. The van der Waals surface area contributed by atoms with E-state index in [2.05, 4.69) is 18.0 Å². The van der Waals surface area contributed by atoms with E-state index in [1.165, 1.54) is 0 Å². The third-order valence-electron chi connectivity index (χ3n) is 4.56. The van der Waals surface area contributed by atoms with Crippen LogP contribution in [0.2, 0.25) is 0 Å². The third-order valence-corrected chi connectivity index (χ3v) is 4.56. The number of likely N-dealkylation sites (tertiary alicyclic amines) is 1. The van der Waals surface area contributed by atoms with Crippen molar-refractivity contribution in [3.05, 3.63) is 59.5 Å². The zero-order valence-corrected chi connectivity index (χ0v) is 13.8. The zero-order valence-electron chi connectivity index (χ0n) is 13.8. The van der Waals surface area contributed by atoms with Crippen LogP contribution in [0.3, 0.4) is 0 Å². The molecule has 5 nitrogen and oxygen atoms in total. The Morgan fingerprint density at radius 2 is 2.00 bits per heavy atom. The normalized spacial score (nSPS) is 15.8. The molecule has 1 amide bonds. The lowest BCUT2D eigenvalue weighted by Gasteiger charge is -2.37. The van der Waals surface area contributed by atoms with E-state index < -0.39 is 0 Å². The van der Waals surface area contributed by atoms with Gasteiger partial charge in [-0.25, -0.2) is 0 Å². The van der Waals surface area contributed by atoms with Gasteiger partial charge in [-0.05, 0) is 69.4 Å². The van der Waals surface area contributed by atoms with Crippen LogP contribution in [-0.4, -0.2) is 41.9 Å². The van der Waals surface area contributed by atoms with Crippen LogP contribution in [0.1, 0.15) is 34.5 Å². The quantitative estimate of drug-likeness (QED) is 0.868. The van der Waals surface area contributed by atoms with Gasteiger partial charge in [-0.2, -0.15) is 5.26 Å². The van der Waals surface area contributed by atoms with Crippen molar-refractivity contribution in [2.75, 3.05) is 20.1 Å². The highest BCUT2D eigenvalue weighted by Crippen LogP contribution is 2.21. The molecule has 0 bridgehead atoms. The van der Waals surface area contributed by atoms with Crippen LogP contribution in [0.5, 0.6) is 0 Å². The van der Waals surface area contributed by atoms with Gasteiger partial charge in [-0.15, -0.1) is 0 Å². The molecule has 0 aliphatic carbocycles. The predicted molar refractivity (Wildman–Crippen MR) is 90.3 cm³/mol. The lowest BCUT2D eigenvalue weighted by atomic mass is 10.0. The fourth-order valence-corrected chi connectivity index (χ4v) is 3.10. The molecule has 1 aliphatic rings. The lowest BCUT2D eigenvalue weighted by molar-refractivity contribution is 0.0550. The van der Waals surface area contributed by atoms with Crippen molar-refractivity contribution < 1.29 is 9.21 Å². The Balaban J connectivity index is 1.82. The summed E-state index contributed by atoms with van der Waals surface area (Å²) >= 11 is 0. The molecule has 3 rings (SSSR count). The first-order valence-electron chi connectivity index (χ1n) is 8.19. The van der Waals surface area contributed by atoms with Crippen molar-refractivity contribution in [3.63, 3.8) is 0 Å². The summed E-state index contributed by atoms with van der Waals surface area (Å²) in [5, 5.41) is 8.91. The summed E-state index contributed by atoms with van der Waals surface area (Å²) < 4.78 is 5.45. The molecule has 0 saturated carbocycles. The Morgan fingerprint density at radius 1 is 1.29 bits per heavy atom. The minimum absolute atomic E-state index is 0.00885. The van der Waals surface area contributed by atoms with Gasteiger partial charge in [-0.3, -0.25) is 4.79 Å². The molecule has 24 heavy (non-hydrogen) atoms. The molecule has 5 heteroatoms. The summed E-state index contributed by atoms with van der Waals surface area (Å²) in [6.45, 7) is 2.44. The Hall–Kier alpha value is -2.58. The van der Waals surface area contributed by atoms with Crippen LogP contribution in [0, 0.1) is 11.3 Å². The monoisotopic (exact) mass is 323 g/mol. The molecular weight excluding hydrogens is 302 g/mol. The fourth-order valence-electron chi connectivity index (χ4n) is 3.10. The number of amides is 1. The number of carbonyl (C=O) groups excluding carboxylic acids is 1. The first-order chi connectivity index (χ1) is 11.7. The van der Waals surface area contributed by atoms with Crippen LogP contribution in [0.15, 0.2) is 47.1 Å². The van der Waals surface area contributed by atoms with E-state index in [0.29, 0.717) is 17.7 Å². The Kier molecular flexibility index (Phi) is 4.97. The van der Waals surface area contributed by atoms with Crippen molar-refractivity contribution in [3.8, 4) is 6.07 Å². The van der Waals surface area contributed by atoms with Gasteiger partial charge in [0, 0.05) is 11.6 Å². The van der Waals surface area contributed by atoms with Gasteiger partial charge in [0.2, 0.25) is 0 Å². The predicted octanol–water partition coefficient (Wildman–Crippen LogP) is 2.89. The second-order valence-electron chi connectivity index (χ2n) is 6.24. The van der Waals surface area contributed by atoms with Gasteiger partial charge in [0.15, 0.2) is 0 Å². The number of benzene rings is 1. The topological polar surface area (TPSA) is 60.5 Å². The average Bonchev–Trinajstić information content (AvgIpc) is 3.13. The van der Waals surface area contributed by atoms with E-state index in [9.17, 15) is 4.79 Å². The molecule has 0 N–H and O–H groups in total. The van der Waals surface area contributed by atoms with Gasteiger partial charge in [0.1, 0.15) is 5.76 Å². The molecule has 2 aromatic rings. The number of rotatable bonds is 4. The first-order valence-corrected chi connectivity index (χ1v) is 8.19. The highest BCUT2D eigenvalue weighted by molar-refractivity contribution is 5.94. The molecule has 0 unspecified atom stereocenters. The molecule has 1 fully saturated rings. The van der Waals surface area contributed by atoms with E-state index in [1.54, 1.807) is 30.5 Å². The molecule has 0 radical (unpaired) electrons. The largest absolute Gasteiger partial charge is 0.467 e. The van der Waals surface area contributed by atoms with Gasteiger partial charge in [0.05, 0.1) is 24.4 Å². The molecule has 1 saturated heterocycles. The van der Waals surface area contributed by atoms with Gasteiger partial charge in [0.25, 0.3) is 5.91 Å². The maximum atomic E-state index is 13.0. The van der Waals surface area contributed by atoms with E-state index in [0.717, 1.165) is 31.7 Å². The van der Waals surface area contributed by atoms with Crippen LogP contribution >= 0.6 is 0 Å². The molecule has 0 atom stereocenters. The number of nitrogens with zero attached hydrogens (tertiary/aromatic N) is 3. The fraction of sp³-hybridized carbons (Fsp3) is 0.368. The Labute approximate surface area is 142 Å². The van der Waals surface area contributed by atoms with Crippen LogP contribution < -0.4 is 0 Å². The number of nitriles is 1. The highest BCUT2D eigenvalue weighted by atomic mass is 16.3. The van der Waals surface area contributed by atoms with Gasteiger partial charge < -0.3 is 14.2 Å². The smallest absolute Gasteiger partial charge is 0.254 e. The van der Waals surface area contributed by atoms with E-state index in [-0.39, 0.29) is 11.9 Å². The van der Waals surface area contributed by atoms with Gasteiger partial charge >= 0.3 is 0 Å².